The molecule has 0 aliphatic carbocycles. The van der Waals surface area contributed by atoms with Gasteiger partial charge in [-0.15, -0.1) is 0 Å². The van der Waals surface area contributed by atoms with E-state index in [0.29, 0.717) is 16.5 Å². The zero-order valence-corrected chi connectivity index (χ0v) is 16.1. The molecule has 0 saturated heterocycles. The first-order valence-corrected chi connectivity index (χ1v) is 8.91. The van der Waals surface area contributed by atoms with E-state index in [4.69, 9.17) is 16.0 Å². The summed E-state index contributed by atoms with van der Waals surface area (Å²) in [6, 6.07) is 16.2. The highest BCUT2D eigenvalue weighted by Gasteiger charge is 2.06. The van der Waals surface area contributed by atoms with E-state index in [1.807, 2.05) is 49.4 Å². The summed E-state index contributed by atoms with van der Waals surface area (Å²) in [5.74, 6) is 1.17. The number of halogens is 2. The molecule has 2 aromatic carbocycles. The second kappa shape index (κ2) is 8.21. The fourth-order valence-corrected chi connectivity index (χ4v) is 2.67. The van der Waals surface area contributed by atoms with E-state index in [0.717, 1.165) is 21.3 Å². The third-order valence-corrected chi connectivity index (χ3v) is 4.81. The number of anilines is 1. The van der Waals surface area contributed by atoms with E-state index in [9.17, 15) is 4.79 Å². The summed E-state index contributed by atoms with van der Waals surface area (Å²) >= 11 is 9.45. The zero-order chi connectivity index (χ0) is 18.5. The van der Waals surface area contributed by atoms with E-state index >= 15 is 0 Å². The van der Waals surface area contributed by atoms with Gasteiger partial charge in [-0.05, 0) is 58.7 Å². The molecule has 5 nitrogen and oxygen atoms in total. The third kappa shape index (κ3) is 4.53. The van der Waals surface area contributed by atoms with E-state index in [-0.39, 0.29) is 0 Å². The molecule has 2 N–H and O–H groups in total. The lowest BCUT2D eigenvalue weighted by Crippen LogP contribution is -2.24. The van der Waals surface area contributed by atoms with Crippen LogP contribution in [0.5, 0.6) is 0 Å². The monoisotopic (exact) mass is 431 g/mol. The number of benzene rings is 2. The number of hydrogen-bond acceptors (Lipinski definition) is 3. The van der Waals surface area contributed by atoms with Gasteiger partial charge in [0.15, 0.2) is 0 Å². The minimum Gasteiger partial charge on any atom is -0.455 e. The normalized spacial score (nSPS) is 10.9. The van der Waals surface area contributed by atoms with Crippen molar-refractivity contribution in [1.82, 2.24) is 5.43 Å². The first-order chi connectivity index (χ1) is 12.5. The quantitative estimate of drug-likeness (QED) is 0.402. The zero-order valence-electron chi connectivity index (χ0n) is 13.8. The molecule has 132 valence electrons. The Bertz CT molecular complexity index is 969. The van der Waals surface area contributed by atoms with Gasteiger partial charge >= 0.3 is 6.03 Å². The lowest BCUT2D eigenvalue weighted by atomic mass is 10.2. The average Bonchev–Trinajstić information content (AvgIpc) is 3.08. The van der Waals surface area contributed by atoms with Crippen LogP contribution in [0.3, 0.4) is 0 Å². The molecule has 7 heteroatoms. The molecule has 0 aliphatic heterocycles. The maximum Gasteiger partial charge on any atom is 0.339 e. The van der Waals surface area contributed by atoms with Gasteiger partial charge < -0.3 is 9.73 Å². The van der Waals surface area contributed by atoms with Crippen LogP contribution in [0.2, 0.25) is 5.02 Å². The summed E-state index contributed by atoms with van der Waals surface area (Å²) in [6.07, 6.45) is 1.43. The van der Waals surface area contributed by atoms with Gasteiger partial charge in [0.1, 0.15) is 11.5 Å². The van der Waals surface area contributed by atoms with Crippen LogP contribution in [0.1, 0.15) is 11.3 Å². The predicted octanol–water partition coefficient (Wildman–Crippen LogP) is 5.83. The molecule has 3 aromatic rings. The number of nitrogens with zero attached hydrogens (tertiary/aromatic N) is 1. The summed E-state index contributed by atoms with van der Waals surface area (Å²) in [6.45, 7) is 1.91. The Balaban J connectivity index is 1.61. The van der Waals surface area contributed by atoms with Crippen molar-refractivity contribution in [2.45, 2.75) is 6.92 Å². The lowest BCUT2D eigenvalue weighted by Gasteiger charge is -2.06. The fraction of sp³-hybridized carbons (Fsp3) is 0.0526. The van der Waals surface area contributed by atoms with Crippen LogP contribution in [0.15, 0.2) is 68.6 Å². The van der Waals surface area contributed by atoms with Crippen molar-refractivity contribution < 1.29 is 9.21 Å². The molecule has 1 aromatic heterocycles. The summed E-state index contributed by atoms with van der Waals surface area (Å²) in [5.41, 5.74) is 4.95. The van der Waals surface area contributed by atoms with Crippen molar-refractivity contribution in [3.63, 3.8) is 0 Å². The van der Waals surface area contributed by atoms with Gasteiger partial charge in [-0.3, -0.25) is 0 Å². The van der Waals surface area contributed by atoms with Crippen molar-refractivity contribution in [2.24, 2.45) is 5.10 Å². The molecule has 26 heavy (non-hydrogen) atoms. The van der Waals surface area contributed by atoms with Crippen LogP contribution in [0, 0.1) is 6.92 Å². The Morgan fingerprint density at radius 2 is 2.00 bits per heavy atom. The van der Waals surface area contributed by atoms with Crippen LogP contribution in [0.25, 0.3) is 11.3 Å². The third-order valence-electron chi connectivity index (χ3n) is 3.58. The number of urea groups is 1. The van der Waals surface area contributed by atoms with Crippen LogP contribution < -0.4 is 10.7 Å². The Hall–Kier alpha value is -2.57. The van der Waals surface area contributed by atoms with Crippen LogP contribution in [-0.2, 0) is 0 Å². The van der Waals surface area contributed by atoms with Gasteiger partial charge in [0, 0.05) is 15.7 Å². The number of carbonyl (C=O) groups is 1. The van der Waals surface area contributed by atoms with E-state index in [1.165, 1.54) is 6.21 Å². The molecule has 0 aliphatic rings. The number of hydrazone groups is 1. The topological polar surface area (TPSA) is 66.6 Å². The van der Waals surface area contributed by atoms with E-state index < -0.39 is 6.03 Å². The number of nitrogens with one attached hydrogen (secondary N) is 2. The lowest BCUT2D eigenvalue weighted by molar-refractivity contribution is 0.252. The number of furan rings is 1. The van der Waals surface area contributed by atoms with Gasteiger partial charge in [0.2, 0.25) is 0 Å². The van der Waals surface area contributed by atoms with Gasteiger partial charge in [-0.2, -0.15) is 5.10 Å². The maximum absolute atomic E-state index is 11.9. The number of para-hydroxylation sites is 1. The van der Waals surface area contributed by atoms with Gasteiger partial charge in [-0.1, -0.05) is 35.9 Å². The molecule has 0 radical (unpaired) electrons. The maximum atomic E-state index is 11.9. The molecule has 2 amide bonds. The first kappa shape index (κ1) is 18.2. The molecule has 0 fully saturated rings. The second-order valence-electron chi connectivity index (χ2n) is 5.47. The summed E-state index contributed by atoms with van der Waals surface area (Å²) in [7, 11) is 0. The molecule has 3 rings (SSSR count). The largest absolute Gasteiger partial charge is 0.455 e. The highest BCUT2D eigenvalue weighted by Crippen LogP contribution is 2.29. The molecule has 0 saturated carbocycles. The Morgan fingerprint density at radius 1 is 1.19 bits per heavy atom. The molecule has 0 atom stereocenters. The minimum atomic E-state index is -0.429. The number of carbonyl (C=O) groups excluding carboxylic acids is 1. The van der Waals surface area contributed by atoms with Crippen LogP contribution >= 0.6 is 27.5 Å². The number of aryl methyl sites for hydroxylation is 1. The van der Waals surface area contributed by atoms with Crippen molar-refractivity contribution in [3.05, 3.63) is 75.4 Å². The van der Waals surface area contributed by atoms with E-state index in [2.05, 4.69) is 31.8 Å². The second-order valence-corrected chi connectivity index (χ2v) is 6.73. The Kier molecular flexibility index (Phi) is 5.75. The smallest absolute Gasteiger partial charge is 0.339 e. The summed E-state index contributed by atoms with van der Waals surface area (Å²) in [4.78, 5) is 11.9. The van der Waals surface area contributed by atoms with Crippen LogP contribution in [-0.4, -0.2) is 12.2 Å². The first-order valence-electron chi connectivity index (χ1n) is 7.74. The molecular weight excluding hydrogens is 418 g/mol. The molecule has 0 unspecified atom stereocenters. The average molecular weight is 433 g/mol. The Labute approximate surface area is 164 Å². The fourth-order valence-electron chi connectivity index (χ4n) is 2.24. The van der Waals surface area contributed by atoms with Gasteiger partial charge in [-0.25, -0.2) is 10.2 Å². The molecule has 0 spiro atoms. The minimum absolute atomic E-state index is 0.429. The SMILES string of the molecule is Cc1ccccc1NC(=O)NN=Cc1ccc(-c2ccc(Br)c(Cl)c2)o1. The van der Waals surface area contributed by atoms with Crippen molar-refractivity contribution in [2.75, 3.05) is 5.32 Å². The van der Waals surface area contributed by atoms with Crippen molar-refractivity contribution in [1.29, 1.82) is 0 Å². The number of hydrogen-bond donors (Lipinski definition) is 2. The Morgan fingerprint density at radius 3 is 2.77 bits per heavy atom. The number of rotatable bonds is 4. The van der Waals surface area contributed by atoms with Gasteiger partial charge in [0.05, 0.1) is 11.2 Å². The molecule has 0 bridgehead atoms. The van der Waals surface area contributed by atoms with Gasteiger partial charge in [0.25, 0.3) is 0 Å². The predicted molar refractivity (Wildman–Crippen MR) is 108 cm³/mol. The standard InChI is InChI=1S/C19H15BrClN3O2/c1-12-4-2-3-5-17(12)23-19(25)24-22-11-14-7-9-18(26-14)13-6-8-15(20)16(21)10-13/h2-11H,1H3,(H2,23,24,25). The highest BCUT2D eigenvalue weighted by atomic mass is 79.9. The van der Waals surface area contributed by atoms with Crippen LogP contribution in [0.4, 0.5) is 10.5 Å². The highest BCUT2D eigenvalue weighted by molar-refractivity contribution is 9.10. The van der Waals surface area contributed by atoms with E-state index in [1.54, 1.807) is 12.1 Å². The summed E-state index contributed by atoms with van der Waals surface area (Å²) < 4.78 is 6.51. The van der Waals surface area contributed by atoms with Crippen molar-refractivity contribution >= 4 is 45.5 Å². The molecular formula is C19H15BrClN3O2. The van der Waals surface area contributed by atoms with Crippen molar-refractivity contribution in [3.8, 4) is 11.3 Å². The number of amides is 2. The molecule has 1 heterocycles. The summed E-state index contributed by atoms with van der Waals surface area (Å²) in [5, 5.41) is 7.22.